The van der Waals surface area contributed by atoms with Crippen molar-refractivity contribution in [2.45, 2.75) is 37.5 Å². The lowest BCUT2D eigenvalue weighted by Crippen LogP contribution is -2.27. The van der Waals surface area contributed by atoms with Crippen LogP contribution in [0.4, 0.5) is 0 Å². The molecule has 1 aliphatic rings. The van der Waals surface area contributed by atoms with Gasteiger partial charge in [0.1, 0.15) is 10.7 Å². The summed E-state index contributed by atoms with van der Waals surface area (Å²) in [5.74, 6) is 0.415. The minimum atomic E-state index is -3.85. The highest BCUT2D eigenvalue weighted by Gasteiger charge is 2.21. The van der Waals surface area contributed by atoms with Crippen LogP contribution in [0.1, 0.15) is 42.0 Å². The molecule has 0 bridgehead atoms. The van der Waals surface area contributed by atoms with E-state index in [1.165, 1.54) is 32.3 Å². The van der Waals surface area contributed by atoms with E-state index in [0.29, 0.717) is 12.5 Å². The van der Waals surface area contributed by atoms with Crippen LogP contribution in [0.15, 0.2) is 15.4 Å². The van der Waals surface area contributed by atoms with E-state index in [4.69, 9.17) is 9.56 Å². The van der Waals surface area contributed by atoms with E-state index in [0.717, 1.165) is 6.42 Å². The second-order valence-electron chi connectivity index (χ2n) is 4.92. The van der Waals surface area contributed by atoms with Crippen molar-refractivity contribution in [3.05, 3.63) is 17.6 Å². The number of primary sulfonamides is 1. The third-order valence-corrected chi connectivity index (χ3v) is 4.48. The van der Waals surface area contributed by atoms with E-state index < -0.39 is 15.9 Å². The van der Waals surface area contributed by atoms with Crippen molar-refractivity contribution < 1.29 is 17.6 Å². The van der Waals surface area contributed by atoms with E-state index in [-0.39, 0.29) is 16.4 Å². The summed E-state index contributed by atoms with van der Waals surface area (Å²) in [4.78, 5) is 11.6. The predicted molar refractivity (Wildman–Crippen MR) is 69.1 cm³/mol. The lowest BCUT2D eigenvalue weighted by atomic mass is 9.83. The minimum absolute atomic E-state index is 0.0184. The molecule has 0 saturated heterocycles. The molecule has 1 aliphatic carbocycles. The van der Waals surface area contributed by atoms with Crippen molar-refractivity contribution >= 4 is 15.9 Å². The van der Waals surface area contributed by atoms with Crippen molar-refractivity contribution in [2.24, 2.45) is 11.1 Å². The number of amides is 1. The van der Waals surface area contributed by atoms with Crippen molar-refractivity contribution in [1.29, 1.82) is 0 Å². The van der Waals surface area contributed by atoms with Crippen molar-refractivity contribution in [1.82, 2.24) is 5.32 Å². The number of hydrogen-bond acceptors (Lipinski definition) is 4. The summed E-state index contributed by atoms with van der Waals surface area (Å²) in [5.41, 5.74) is 0. The van der Waals surface area contributed by atoms with Crippen molar-refractivity contribution in [3.63, 3.8) is 0 Å². The van der Waals surface area contributed by atoms with Crippen LogP contribution in [0, 0.1) is 12.8 Å². The molecule has 19 heavy (non-hydrogen) atoms. The fraction of sp³-hybridized carbons (Fsp3) is 0.583. The number of nitrogens with two attached hydrogens (primary N) is 1. The van der Waals surface area contributed by atoms with E-state index in [1.54, 1.807) is 0 Å². The smallest absolute Gasteiger partial charge is 0.287 e. The van der Waals surface area contributed by atoms with E-state index >= 15 is 0 Å². The average molecular weight is 286 g/mol. The van der Waals surface area contributed by atoms with Gasteiger partial charge in [-0.3, -0.25) is 4.79 Å². The van der Waals surface area contributed by atoms with Crippen molar-refractivity contribution in [3.8, 4) is 0 Å². The van der Waals surface area contributed by atoms with Gasteiger partial charge in [0.05, 0.1) is 0 Å². The monoisotopic (exact) mass is 286 g/mol. The topological polar surface area (TPSA) is 102 Å². The van der Waals surface area contributed by atoms with Gasteiger partial charge in [-0.2, -0.15) is 0 Å². The molecule has 1 heterocycles. The maximum atomic E-state index is 11.8. The zero-order valence-electron chi connectivity index (χ0n) is 10.8. The predicted octanol–water partition coefficient (Wildman–Crippen LogP) is 1.16. The van der Waals surface area contributed by atoms with E-state index in [1.807, 2.05) is 0 Å². The van der Waals surface area contributed by atoms with Gasteiger partial charge in [0, 0.05) is 12.6 Å². The quantitative estimate of drug-likeness (QED) is 0.847. The molecule has 1 fully saturated rings. The molecule has 0 aliphatic heterocycles. The number of carbonyl (C=O) groups is 1. The third kappa shape index (κ3) is 3.36. The zero-order valence-corrected chi connectivity index (χ0v) is 11.6. The van der Waals surface area contributed by atoms with Gasteiger partial charge in [-0.25, -0.2) is 13.6 Å². The van der Waals surface area contributed by atoms with Gasteiger partial charge in [0.25, 0.3) is 5.91 Å². The largest absolute Gasteiger partial charge is 0.455 e. The Hall–Kier alpha value is -1.34. The lowest BCUT2D eigenvalue weighted by Gasteiger charge is -2.24. The molecule has 6 nitrogen and oxygen atoms in total. The molecular weight excluding hydrogens is 268 g/mol. The number of furan rings is 1. The van der Waals surface area contributed by atoms with Crippen LogP contribution in [0.3, 0.4) is 0 Å². The molecule has 1 amide bonds. The second-order valence-corrected chi connectivity index (χ2v) is 6.45. The molecule has 0 atom stereocenters. The van der Waals surface area contributed by atoms with Crippen LogP contribution in [0.2, 0.25) is 0 Å². The molecule has 3 N–H and O–H groups in total. The first-order chi connectivity index (χ1) is 8.88. The van der Waals surface area contributed by atoms with Gasteiger partial charge in [0.15, 0.2) is 5.76 Å². The molecule has 1 saturated carbocycles. The fourth-order valence-electron chi connectivity index (χ4n) is 2.12. The number of sulfonamides is 1. The van der Waals surface area contributed by atoms with Gasteiger partial charge in [-0.05, 0) is 19.3 Å². The summed E-state index contributed by atoms with van der Waals surface area (Å²) in [5, 5.41) is 7.74. The SMILES string of the molecule is Cc1oc(C(=O)NCCC2CCC2)cc1S(N)(=O)=O. The number of aryl methyl sites for hydroxylation is 1. The summed E-state index contributed by atoms with van der Waals surface area (Å²) in [6.45, 7) is 2.04. The summed E-state index contributed by atoms with van der Waals surface area (Å²) >= 11 is 0. The molecule has 2 rings (SSSR count). The maximum absolute atomic E-state index is 11.8. The standard InChI is InChI=1S/C12H18N2O4S/c1-8-11(19(13,16)17)7-10(18-8)12(15)14-6-5-9-3-2-4-9/h7,9H,2-6H2,1H3,(H,14,15)(H2,13,16,17). The molecule has 1 aromatic heterocycles. The summed E-state index contributed by atoms with van der Waals surface area (Å²) in [7, 11) is -3.85. The number of rotatable bonds is 5. The first-order valence-corrected chi connectivity index (χ1v) is 7.84. The Bertz CT molecular complexity index is 573. The number of nitrogens with one attached hydrogen (secondary N) is 1. The van der Waals surface area contributed by atoms with E-state index in [9.17, 15) is 13.2 Å². The third-order valence-electron chi connectivity index (χ3n) is 3.47. The molecular formula is C12H18N2O4S. The Balaban J connectivity index is 1.95. The normalized spacial score (nSPS) is 16.1. The van der Waals surface area contributed by atoms with Gasteiger partial charge < -0.3 is 9.73 Å². The highest BCUT2D eigenvalue weighted by molar-refractivity contribution is 7.89. The Morgan fingerprint density at radius 3 is 2.68 bits per heavy atom. The Morgan fingerprint density at radius 2 is 2.21 bits per heavy atom. The number of carbonyl (C=O) groups excluding carboxylic acids is 1. The van der Waals surface area contributed by atoms with Crippen molar-refractivity contribution in [2.75, 3.05) is 6.54 Å². The van der Waals surface area contributed by atoms with Crippen LogP contribution in [0.25, 0.3) is 0 Å². The molecule has 106 valence electrons. The summed E-state index contributed by atoms with van der Waals surface area (Å²) in [6, 6.07) is 1.17. The van der Waals surface area contributed by atoms with Crippen LogP contribution < -0.4 is 10.5 Å². The van der Waals surface area contributed by atoms with Gasteiger partial charge >= 0.3 is 0 Å². The summed E-state index contributed by atoms with van der Waals surface area (Å²) in [6.07, 6.45) is 4.68. The fourth-order valence-corrected chi connectivity index (χ4v) is 2.83. The molecule has 0 aromatic carbocycles. The zero-order chi connectivity index (χ0) is 14.0. The molecule has 0 unspecified atom stereocenters. The highest BCUT2D eigenvalue weighted by atomic mass is 32.2. The molecule has 0 radical (unpaired) electrons. The average Bonchev–Trinajstić information content (AvgIpc) is 2.63. The van der Waals surface area contributed by atoms with Gasteiger partial charge in [-0.1, -0.05) is 19.3 Å². The number of hydrogen-bond donors (Lipinski definition) is 2. The van der Waals surface area contributed by atoms with Gasteiger partial charge in [0.2, 0.25) is 10.0 Å². The summed E-state index contributed by atoms with van der Waals surface area (Å²) < 4.78 is 27.6. The first kappa shape index (κ1) is 14.1. The Kier molecular flexibility index (Phi) is 3.96. The van der Waals surface area contributed by atoms with Crippen LogP contribution in [0.5, 0.6) is 0 Å². The first-order valence-electron chi connectivity index (χ1n) is 6.29. The second kappa shape index (κ2) is 5.34. The molecule has 7 heteroatoms. The Labute approximate surface area is 112 Å². The lowest BCUT2D eigenvalue weighted by molar-refractivity contribution is 0.0920. The van der Waals surface area contributed by atoms with Crippen LogP contribution in [-0.4, -0.2) is 20.9 Å². The minimum Gasteiger partial charge on any atom is -0.455 e. The van der Waals surface area contributed by atoms with E-state index in [2.05, 4.69) is 5.32 Å². The van der Waals surface area contributed by atoms with Gasteiger partial charge in [-0.15, -0.1) is 0 Å². The molecule has 1 aromatic rings. The van der Waals surface area contributed by atoms with Crippen LogP contribution in [-0.2, 0) is 10.0 Å². The maximum Gasteiger partial charge on any atom is 0.287 e. The molecule has 0 spiro atoms. The Morgan fingerprint density at radius 1 is 1.53 bits per heavy atom. The highest BCUT2D eigenvalue weighted by Crippen LogP contribution is 2.28. The van der Waals surface area contributed by atoms with Crippen LogP contribution >= 0.6 is 0 Å².